The summed E-state index contributed by atoms with van der Waals surface area (Å²) in [6.07, 6.45) is 0.961. The van der Waals surface area contributed by atoms with Crippen LogP contribution in [-0.4, -0.2) is 10.9 Å². The van der Waals surface area contributed by atoms with E-state index in [1.54, 1.807) is 24.3 Å². The Labute approximate surface area is 117 Å². The number of benzene rings is 2. The molecule has 0 aliphatic rings. The van der Waals surface area contributed by atoms with Gasteiger partial charge in [0.05, 0.1) is 5.56 Å². The van der Waals surface area contributed by atoms with Crippen LogP contribution in [0, 0.1) is 12.7 Å². The van der Waals surface area contributed by atoms with E-state index in [4.69, 9.17) is 0 Å². The minimum atomic E-state index is -0.326. The molecule has 0 amide bonds. The Hall–Kier alpha value is -2.16. The standard InChI is InChI=1S/C17H17FO2/c1-3-13-10-15(16(19)8-11(13)2)17(20)9-12-4-6-14(18)7-5-12/h4-8,10,19H,3,9H2,1-2H3. The van der Waals surface area contributed by atoms with Crippen molar-refractivity contribution in [2.24, 2.45) is 0 Å². The number of carbonyl (C=O) groups excluding carboxylic acids is 1. The number of aryl methyl sites for hydroxylation is 2. The van der Waals surface area contributed by atoms with Gasteiger partial charge in [-0.3, -0.25) is 4.79 Å². The number of hydrogen-bond donors (Lipinski definition) is 1. The van der Waals surface area contributed by atoms with Crippen LogP contribution in [0.5, 0.6) is 5.75 Å². The average Bonchev–Trinajstić information content (AvgIpc) is 2.41. The van der Waals surface area contributed by atoms with Crippen LogP contribution in [-0.2, 0) is 12.8 Å². The first-order chi connectivity index (χ1) is 9.51. The first kappa shape index (κ1) is 14.3. The number of carbonyl (C=O) groups is 1. The largest absolute Gasteiger partial charge is 0.507 e. The van der Waals surface area contributed by atoms with Crippen LogP contribution >= 0.6 is 0 Å². The first-order valence-electron chi connectivity index (χ1n) is 6.61. The lowest BCUT2D eigenvalue weighted by atomic mass is 9.96. The topological polar surface area (TPSA) is 37.3 Å². The summed E-state index contributed by atoms with van der Waals surface area (Å²) in [4.78, 5) is 12.2. The van der Waals surface area contributed by atoms with Crippen molar-refractivity contribution in [3.05, 3.63) is 64.5 Å². The van der Waals surface area contributed by atoms with Gasteiger partial charge in [-0.15, -0.1) is 0 Å². The van der Waals surface area contributed by atoms with Crippen LogP contribution in [0.4, 0.5) is 4.39 Å². The number of rotatable bonds is 4. The Bertz CT molecular complexity index is 630. The van der Waals surface area contributed by atoms with Gasteiger partial charge >= 0.3 is 0 Å². The van der Waals surface area contributed by atoms with Gasteiger partial charge in [-0.25, -0.2) is 4.39 Å². The molecule has 0 aliphatic heterocycles. The lowest BCUT2D eigenvalue weighted by Gasteiger charge is -2.09. The second kappa shape index (κ2) is 5.87. The number of halogens is 1. The van der Waals surface area contributed by atoms with Gasteiger partial charge in [0.2, 0.25) is 0 Å². The molecule has 3 heteroatoms. The maximum Gasteiger partial charge on any atom is 0.170 e. The molecule has 2 rings (SSSR count). The number of ketones is 1. The van der Waals surface area contributed by atoms with Gasteiger partial charge in [-0.05, 0) is 54.3 Å². The molecule has 0 saturated carbocycles. The molecule has 0 radical (unpaired) electrons. The van der Waals surface area contributed by atoms with Crippen molar-refractivity contribution in [3.63, 3.8) is 0 Å². The molecule has 0 aliphatic carbocycles. The normalized spacial score (nSPS) is 10.6. The molecule has 0 spiro atoms. The molecule has 104 valence electrons. The van der Waals surface area contributed by atoms with Crippen LogP contribution in [0.3, 0.4) is 0 Å². The first-order valence-corrected chi connectivity index (χ1v) is 6.61. The Balaban J connectivity index is 2.27. The number of phenolic OH excluding ortho intramolecular Hbond substituents is 1. The highest BCUT2D eigenvalue weighted by atomic mass is 19.1. The smallest absolute Gasteiger partial charge is 0.170 e. The Kier molecular flexibility index (Phi) is 4.18. The van der Waals surface area contributed by atoms with E-state index in [1.807, 2.05) is 13.8 Å². The minimum Gasteiger partial charge on any atom is -0.507 e. The van der Waals surface area contributed by atoms with E-state index in [0.717, 1.165) is 23.1 Å². The van der Waals surface area contributed by atoms with Crippen molar-refractivity contribution in [1.82, 2.24) is 0 Å². The zero-order chi connectivity index (χ0) is 14.7. The van der Waals surface area contributed by atoms with Crippen LogP contribution in [0.15, 0.2) is 36.4 Å². The summed E-state index contributed by atoms with van der Waals surface area (Å²) in [5.74, 6) is -0.483. The van der Waals surface area contributed by atoms with Gasteiger partial charge in [0, 0.05) is 6.42 Å². The highest BCUT2D eigenvalue weighted by molar-refractivity contribution is 6.00. The maximum absolute atomic E-state index is 12.8. The molecular weight excluding hydrogens is 255 g/mol. The summed E-state index contributed by atoms with van der Waals surface area (Å²) < 4.78 is 12.8. The third-order valence-corrected chi connectivity index (χ3v) is 3.41. The van der Waals surface area contributed by atoms with Crippen LogP contribution in [0.25, 0.3) is 0 Å². The summed E-state index contributed by atoms with van der Waals surface area (Å²) >= 11 is 0. The van der Waals surface area contributed by atoms with E-state index in [2.05, 4.69) is 0 Å². The second-order valence-corrected chi connectivity index (χ2v) is 4.88. The fourth-order valence-electron chi connectivity index (χ4n) is 2.22. The molecule has 0 aromatic heterocycles. The number of hydrogen-bond acceptors (Lipinski definition) is 2. The van der Waals surface area contributed by atoms with E-state index in [-0.39, 0.29) is 23.8 Å². The van der Waals surface area contributed by atoms with Crippen molar-refractivity contribution in [2.75, 3.05) is 0 Å². The van der Waals surface area contributed by atoms with Crippen LogP contribution in [0.2, 0.25) is 0 Å². The van der Waals surface area contributed by atoms with Crippen molar-refractivity contribution in [2.45, 2.75) is 26.7 Å². The van der Waals surface area contributed by atoms with Crippen molar-refractivity contribution < 1.29 is 14.3 Å². The quantitative estimate of drug-likeness (QED) is 0.859. The van der Waals surface area contributed by atoms with Gasteiger partial charge in [0.15, 0.2) is 5.78 Å². The van der Waals surface area contributed by atoms with E-state index >= 15 is 0 Å². The molecule has 0 atom stereocenters. The van der Waals surface area contributed by atoms with Crippen LogP contribution in [0.1, 0.15) is 34.0 Å². The van der Waals surface area contributed by atoms with E-state index in [9.17, 15) is 14.3 Å². The summed E-state index contributed by atoms with van der Waals surface area (Å²) in [6.45, 7) is 3.92. The fraction of sp³-hybridized carbons (Fsp3) is 0.235. The van der Waals surface area contributed by atoms with Crippen molar-refractivity contribution >= 4 is 5.78 Å². The second-order valence-electron chi connectivity index (χ2n) is 4.88. The van der Waals surface area contributed by atoms with Crippen molar-refractivity contribution in [3.8, 4) is 5.75 Å². The highest BCUT2D eigenvalue weighted by Crippen LogP contribution is 2.24. The number of phenols is 1. The SMILES string of the molecule is CCc1cc(C(=O)Cc2ccc(F)cc2)c(O)cc1C. The predicted molar refractivity (Wildman–Crippen MR) is 76.7 cm³/mol. The Morgan fingerprint density at radius 2 is 1.85 bits per heavy atom. The molecule has 0 bridgehead atoms. The van der Waals surface area contributed by atoms with Gasteiger partial charge in [-0.2, -0.15) is 0 Å². The molecule has 0 fully saturated rings. The molecule has 20 heavy (non-hydrogen) atoms. The zero-order valence-corrected chi connectivity index (χ0v) is 11.6. The average molecular weight is 272 g/mol. The summed E-state index contributed by atoms with van der Waals surface area (Å²) in [5, 5.41) is 9.92. The summed E-state index contributed by atoms with van der Waals surface area (Å²) in [6, 6.07) is 9.19. The molecule has 0 heterocycles. The van der Waals surface area contributed by atoms with Gasteiger partial charge in [-0.1, -0.05) is 19.1 Å². The molecule has 2 aromatic carbocycles. The third kappa shape index (κ3) is 3.05. The Morgan fingerprint density at radius 1 is 1.20 bits per heavy atom. The van der Waals surface area contributed by atoms with Crippen LogP contribution < -0.4 is 0 Å². The molecule has 1 N–H and O–H groups in total. The van der Waals surface area contributed by atoms with Crippen molar-refractivity contribution in [1.29, 1.82) is 0 Å². The molecule has 2 aromatic rings. The monoisotopic (exact) mass is 272 g/mol. The molecule has 2 nitrogen and oxygen atoms in total. The zero-order valence-electron chi connectivity index (χ0n) is 11.6. The molecule has 0 saturated heterocycles. The summed E-state index contributed by atoms with van der Waals surface area (Å²) in [7, 11) is 0. The maximum atomic E-state index is 12.8. The van der Waals surface area contributed by atoms with Gasteiger partial charge in [0.25, 0.3) is 0 Å². The molecular formula is C17H17FO2. The van der Waals surface area contributed by atoms with Gasteiger partial charge < -0.3 is 5.11 Å². The lowest BCUT2D eigenvalue weighted by molar-refractivity contribution is 0.0990. The Morgan fingerprint density at radius 3 is 2.45 bits per heavy atom. The summed E-state index contributed by atoms with van der Waals surface area (Å²) in [5.41, 5.74) is 3.08. The fourth-order valence-corrected chi connectivity index (χ4v) is 2.22. The highest BCUT2D eigenvalue weighted by Gasteiger charge is 2.14. The number of Topliss-reactive ketones (excluding diaryl/α,β-unsaturated/α-hetero) is 1. The predicted octanol–water partition coefficient (Wildman–Crippen LogP) is 3.83. The van der Waals surface area contributed by atoms with Gasteiger partial charge in [0.1, 0.15) is 11.6 Å². The minimum absolute atomic E-state index is 0.00631. The van der Waals surface area contributed by atoms with E-state index < -0.39 is 0 Å². The van der Waals surface area contributed by atoms with E-state index in [1.165, 1.54) is 12.1 Å². The lowest BCUT2D eigenvalue weighted by Crippen LogP contribution is -2.05. The van der Waals surface area contributed by atoms with E-state index in [0.29, 0.717) is 5.56 Å². The molecule has 0 unspecified atom stereocenters. The number of aromatic hydroxyl groups is 1. The third-order valence-electron chi connectivity index (χ3n) is 3.41.